The number of halogens is 1. The first-order valence-electron chi connectivity index (χ1n) is 8.07. The summed E-state index contributed by atoms with van der Waals surface area (Å²) in [5, 5.41) is 0.276. The minimum atomic E-state index is -3.53. The Hall–Kier alpha value is -0.620. The predicted octanol–water partition coefficient (Wildman–Crippen LogP) is 3.03. The summed E-state index contributed by atoms with van der Waals surface area (Å²) in [5.74, 6) is 0. The molecule has 1 aliphatic carbocycles. The van der Waals surface area contributed by atoms with E-state index >= 15 is 0 Å². The summed E-state index contributed by atoms with van der Waals surface area (Å²) < 4.78 is 27.7. The molecule has 1 saturated heterocycles. The van der Waals surface area contributed by atoms with E-state index in [4.69, 9.17) is 11.6 Å². The monoisotopic (exact) mass is 342 g/mol. The zero-order valence-corrected chi connectivity index (χ0v) is 14.2. The molecule has 1 aliphatic heterocycles. The highest BCUT2D eigenvalue weighted by atomic mass is 35.5. The molecule has 1 saturated carbocycles. The van der Waals surface area contributed by atoms with Gasteiger partial charge in [-0.15, -0.1) is 0 Å². The standard InChI is InChI=1S/C16H23ClN2O2S/c17-15-7-3-4-8-16(15)22(20,21)18-13-9-11-19(12-10-13)14-5-1-2-6-14/h3-4,7-8,13-14,18H,1-2,5-6,9-12H2. The summed E-state index contributed by atoms with van der Waals surface area (Å²) in [6, 6.07) is 7.34. The van der Waals surface area contributed by atoms with Crippen LogP contribution in [0.2, 0.25) is 5.02 Å². The van der Waals surface area contributed by atoms with Crippen LogP contribution in [0.1, 0.15) is 38.5 Å². The van der Waals surface area contributed by atoms with Crippen LogP contribution in [-0.2, 0) is 10.0 Å². The van der Waals surface area contributed by atoms with Crippen molar-refractivity contribution in [3.05, 3.63) is 29.3 Å². The molecule has 3 rings (SSSR count). The van der Waals surface area contributed by atoms with Crippen molar-refractivity contribution in [3.63, 3.8) is 0 Å². The maximum atomic E-state index is 12.4. The van der Waals surface area contributed by atoms with Crippen molar-refractivity contribution in [1.29, 1.82) is 0 Å². The van der Waals surface area contributed by atoms with Crippen LogP contribution >= 0.6 is 11.6 Å². The van der Waals surface area contributed by atoms with Crippen molar-refractivity contribution >= 4 is 21.6 Å². The highest BCUT2D eigenvalue weighted by molar-refractivity contribution is 7.89. The highest BCUT2D eigenvalue weighted by Crippen LogP contribution is 2.27. The minimum absolute atomic E-state index is 0.0129. The zero-order valence-electron chi connectivity index (χ0n) is 12.7. The van der Waals surface area contributed by atoms with Gasteiger partial charge >= 0.3 is 0 Å². The average molecular weight is 343 g/mol. The molecule has 0 spiro atoms. The second-order valence-electron chi connectivity index (χ2n) is 6.30. The van der Waals surface area contributed by atoms with Crippen LogP contribution in [0.15, 0.2) is 29.2 Å². The van der Waals surface area contributed by atoms with Crippen molar-refractivity contribution in [2.24, 2.45) is 0 Å². The predicted molar refractivity (Wildman–Crippen MR) is 88.6 cm³/mol. The Morgan fingerprint density at radius 3 is 2.32 bits per heavy atom. The fourth-order valence-corrected chi connectivity index (χ4v) is 5.42. The van der Waals surface area contributed by atoms with Gasteiger partial charge in [0.2, 0.25) is 10.0 Å². The second kappa shape index (κ2) is 6.87. The molecule has 122 valence electrons. The Balaban J connectivity index is 1.59. The zero-order chi connectivity index (χ0) is 15.6. The number of hydrogen-bond donors (Lipinski definition) is 1. The number of nitrogens with one attached hydrogen (secondary N) is 1. The van der Waals surface area contributed by atoms with Crippen LogP contribution in [0, 0.1) is 0 Å². The van der Waals surface area contributed by atoms with E-state index in [1.54, 1.807) is 24.3 Å². The van der Waals surface area contributed by atoms with Gasteiger partial charge in [-0.1, -0.05) is 36.6 Å². The van der Waals surface area contributed by atoms with Crippen LogP contribution in [-0.4, -0.2) is 38.5 Å². The van der Waals surface area contributed by atoms with E-state index in [2.05, 4.69) is 9.62 Å². The summed E-state index contributed by atoms with van der Waals surface area (Å²) in [6.45, 7) is 1.97. The van der Waals surface area contributed by atoms with E-state index < -0.39 is 10.0 Å². The SMILES string of the molecule is O=S(=O)(NC1CCN(C2CCCC2)CC1)c1ccccc1Cl. The van der Waals surface area contributed by atoms with E-state index in [9.17, 15) is 8.42 Å². The first kappa shape index (κ1) is 16.2. The molecule has 2 aliphatic rings. The summed E-state index contributed by atoms with van der Waals surface area (Å²) in [7, 11) is -3.53. The number of likely N-dealkylation sites (tertiary alicyclic amines) is 1. The van der Waals surface area contributed by atoms with Crippen molar-refractivity contribution < 1.29 is 8.42 Å². The topological polar surface area (TPSA) is 49.4 Å². The quantitative estimate of drug-likeness (QED) is 0.915. The van der Waals surface area contributed by atoms with Gasteiger partial charge < -0.3 is 4.90 Å². The molecule has 0 unspecified atom stereocenters. The Bertz CT molecular complexity index is 606. The molecule has 2 fully saturated rings. The highest BCUT2D eigenvalue weighted by Gasteiger charge is 2.29. The van der Waals surface area contributed by atoms with Gasteiger partial charge in [-0.05, 0) is 50.9 Å². The maximum Gasteiger partial charge on any atom is 0.242 e. The minimum Gasteiger partial charge on any atom is -0.300 e. The first-order chi connectivity index (χ1) is 10.6. The molecule has 0 aromatic heterocycles. The Morgan fingerprint density at radius 2 is 1.68 bits per heavy atom. The lowest BCUT2D eigenvalue weighted by atomic mass is 10.0. The van der Waals surface area contributed by atoms with Crippen LogP contribution in [0.4, 0.5) is 0 Å². The summed E-state index contributed by atoms with van der Waals surface area (Å²) in [5.41, 5.74) is 0. The second-order valence-corrected chi connectivity index (χ2v) is 8.39. The molecule has 0 bridgehead atoms. The number of hydrogen-bond acceptors (Lipinski definition) is 3. The molecule has 0 amide bonds. The molecule has 0 atom stereocenters. The number of sulfonamides is 1. The number of piperidine rings is 1. The molecule has 6 heteroatoms. The lowest BCUT2D eigenvalue weighted by Crippen LogP contribution is -2.47. The van der Waals surface area contributed by atoms with Gasteiger partial charge in [-0.2, -0.15) is 0 Å². The smallest absolute Gasteiger partial charge is 0.242 e. The average Bonchev–Trinajstić information content (AvgIpc) is 3.02. The maximum absolute atomic E-state index is 12.4. The third kappa shape index (κ3) is 3.65. The van der Waals surface area contributed by atoms with Crippen molar-refractivity contribution in [1.82, 2.24) is 9.62 Å². The third-order valence-electron chi connectivity index (χ3n) is 4.82. The van der Waals surface area contributed by atoms with Gasteiger partial charge in [0.15, 0.2) is 0 Å². The molecule has 1 N–H and O–H groups in total. The largest absolute Gasteiger partial charge is 0.300 e. The van der Waals surface area contributed by atoms with Gasteiger partial charge in [0, 0.05) is 12.1 Å². The lowest BCUT2D eigenvalue weighted by Gasteiger charge is -2.36. The molecular formula is C16H23ClN2O2S. The molecule has 22 heavy (non-hydrogen) atoms. The molecule has 1 aromatic carbocycles. The summed E-state index contributed by atoms with van der Waals surface area (Å²) >= 11 is 6.01. The number of nitrogens with zero attached hydrogens (tertiary/aromatic N) is 1. The molecule has 0 radical (unpaired) electrons. The van der Waals surface area contributed by atoms with E-state index in [1.807, 2.05) is 0 Å². The van der Waals surface area contributed by atoms with Crippen molar-refractivity contribution in [2.45, 2.75) is 55.5 Å². The van der Waals surface area contributed by atoms with E-state index in [-0.39, 0.29) is 16.0 Å². The Kier molecular flexibility index (Phi) is 5.07. The van der Waals surface area contributed by atoms with Crippen molar-refractivity contribution in [3.8, 4) is 0 Å². The van der Waals surface area contributed by atoms with E-state index in [0.29, 0.717) is 0 Å². The van der Waals surface area contributed by atoms with Gasteiger partial charge in [0.25, 0.3) is 0 Å². The Labute approximate surface area is 137 Å². The van der Waals surface area contributed by atoms with Crippen molar-refractivity contribution in [2.75, 3.05) is 13.1 Å². The molecule has 1 aromatic rings. The molecule has 4 nitrogen and oxygen atoms in total. The van der Waals surface area contributed by atoms with Gasteiger partial charge in [0.05, 0.1) is 5.02 Å². The van der Waals surface area contributed by atoms with Gasteiger partial charge in [-0.3, -0.25) is 0 Å². The summed E-state index contributed by atoms with van der Waals surface area (Å²) in [4.78, 5) is 2.71. The van der Waals surface area contributed by atoms with Crippen LogP contribution in [0.25, 0.3) is 0 Å². The summed E-state index contributed by atoms with van der Waals surface area (Å²) in [6.07, 6.45) is 7.03. The van der Waals surface area contributed by atoms with Crippen LogP contribution in [0.5, 0.6) is 0 Å². The first-order valence-corrected chi connectivity index (χ1v) is 9.93. The Morgan fingerprint density at radius 1 is 1.05 bits per heavy atom. The molecular weight excluding hydrogens is 320 g/mol. The normalized spacial score (nSPS) is 22.2. The number of rotatable bonds is 4. The van der Waals surface area contributed by atoms with Gasteiger partial charge in [-0.25, -0.2) is 13.1 Å². The van der Waals surface area contributed by atoms with Gasteiger partial charge in [0.1, 0.15) is 4.90 Å². The van der Waals surface area contributed by atoms with Crippen LogP contribution < -0.4 is 4.72 Å². The van der Waals surface area contributed by atoms with Crippen LogP contribution in [0.3, 0.4) is 0 Å². The lowest BCUT2D eigenvalue weighted by molar-refractivity contribution is 0.151. The fourth-order valence-electron chi connectivity index (χ4n) is 3.60. The van der Waals surface area contributed by atoms with E-state index in [1.165, 1.54) is 25.7 Å². The van der Waals surface area contributed by atoms with E-state index in [0.717, 1.165) is 32.0 Å². The molecule has 1 heterocycles. The fraction of sp³-hybridized carbons (Fsp3) is 0.625. The third-order valence-corrected chi connectivity index (χ3v) is 6.84. The number of benzene rings is 1.